The number of rotatable bonds is 3. The maximum absolute atomic E-state index is 12.8. The first-order chi connectivity index (χ1) is 10.4. The second-order valence-electron chi connectivity index (χ2n) is 5.47. The lowest BCUT2D eigenvalue weighted by molar-refractivity contribution is 0.583. The molecule has 1 aliphatic heterocycles. The molecule has 3 rings (SSSR count). The third kappa shape index (κ3) is 2.83. The summed E-state index contributed by atoms with van der Waals surface area (Å²) in [7, 11) is -3.51. The molecule has 0 bridgehead atoms. The molecule has 0 N–H and O–H groups in total. The van der Waals surface area contributed by atoms with E-state index in [1.807, 2.05) is 31.2 Å². The first-order valence-electron chi connectivity index (χ1n) is 6.92. The van der Waals surface area contributed by atoms with Crippen LogP contribution in [0, 0.1) is 0 Å². The smallest absolute Gasteiger partial charge is 0.239 e. The topological polar surface area (TPSA) is 37.4 Å². The van der Waals surface area contributed by atoms with E-state index in [0.29, 0.717) is 15.6 Å². The lowest BCUT2D eigenvalue weighted by Crippen LogP contribution is -2.36. The standard InChI is InChI=1S/C16H15Cl2NO2S/c1-11-8-12-4-2-3-5-16(12)19(11)22(20,21)10-13-6-7-14(17)9-15(13)18/h2-7,9,11H,8,10H2,1H3/t11-/m0/s1. The Hall–Kier alpha value is -1.23. The monoisotopic (exact) mass is 355 g/mol. The molecule has 1 aliphatic rings. The van der Waals surface area contributed by atoms with E-state index < -0.39 is 10.0 Å². The Morgan fingerprint density at radius 2 is 1.91 bits per heavy atom. The normalized spacial score (nSPS) is 17.6. The van der Waals surface area contributed by atoms with Gasteiger partial charge in [-0.05, 0) is 42.7 Å². The van der Waals surface area contributed by atoms with Crippen LogP contribution in [-0.2, 0) is 22.2 Å². The van der Waals surface area contributed by atoms with Gasteiger partial charge in [0.15, 0.2) is 0 Å². The third-order valence-electron chi connectivity index (χ3n) is 3.80. The van der Waals surface area contributed by atoms with E-state index in [2.05, 4.69) is 0 Å². The van der Waals surface area contributed by atoms with E-state index in [1.165, 1.54) is 4.31 Å². The minimum Gasteiger partial charge on any atom is -0.267 e. The van der Waals surface area contributed by atoms with Crippen LogP contribution in [0.2, 0.25) is 10.0 Å². The van der Waals surface area contributed by atoms with Crippen molar-refractivity contribution >= 4 is 38.9 Å². The van der Waals surface area contributed by atoms with Crippen LogP contribution in [-0.4, -0.2) is 14.5 Å². The average molecular weight is 356 g/mol. The van der Waals surface area contributed by atoms with Crippen molar-refractivity contribution < 1.29 is 8.42 Å². The van der Waals surface area contributed by atoms with Gasteiger partial charge in [0.1, 0.15) is 0 Å². The molecule has 2 aromatic rings. The molecule has 6 heteroatoms. The van der Waals surface area contributed by atoms with Gasteiger partial charge in [-0.1, -0.05) is 47.5 Å². The SMILES string of the molecule is C[C@H]1Cc2ccccc2N1S(=O)(=O)Cc1ccc(Cl)cc1Cl. The van der Waals surface area contributed by atoms with Crippen molar-refractivity contribution in [3.8, 4) is 0 Å². The number of hydrogen-bond acceptors (Lipinski definition) is 2. The average Bonchev–Trinajstić information content (AvgIpc) is 2.78. The Morgan fingerprint density at radius 1 is 1.18 bits per heavy atom. The van der Waals surface area contributed by atoms with Crippen molar-refractivity contribution in [2.75, 3.05) is 4.31 Å². The molecule has 116 valence electrons. The van der Waals surface area contributed by atoms with Crippen LogP contribution >= 0.6 is 23.2 Å². The zero-order valence-electron chi connectivity index (χ0n) is 12.0. The van der Waals surface area contributed by atoms with Crippen LogP contribution in [0.3, 0.4) is 0 Å². The van der Waals surface area contributed by atoms with E-state index in [0.717, 1.165) is 17.7 Å². The molecule has 1 atom stereocenters. The van der Waals surface area contributed by atoms with Gasteiger partial charge in [0.2, 0.25) is 10.0 Å². The zero-order valence-corrected chi connectivity index (χ0v) is 14.3. The summed E-state index contributed by atoms with van der Waals surface area (Å²) < 4.78 is 27.2. The summed E-state index contributed by atoms with van der Waals surface area (Å²) in [6, 6.07) is 12.4. The summed E-state index contributed by atoms with van der Waals surface area (Å²) in [5.41, 5.74) is 2.38. The Morgan fingerprint density at radius 3 is 2.64 bits per heavy atom. The molecule has 0 amide bonds. The highest BCUT2D eigenvalue weighted by atomic mass is 35.5. The Labute approximate surface area is 140 Å². The first-order valence-corrected chi connectivity index (χ1v) is 9.29. The van der Waals surface area contributed by atoms with E-state index in [1.54, 1.807) is 18.2 Å². The lowest BCUT2D eigenvalue weighted by atomic mass is 10.1. The Kier molecular flexibility index (Phi) is 4.10. The van der Waals surface area contributed by atoms with Gasteiger partial charge in [-0.2, -0.15) is 0 Å². The van der Waals surface area contributed by atoms with Gasteiger partial charge in [-0.3, -0.25) is 4.31 Å². The quantitative estimate of drug-likeness (QED) is 0.823. The van der Waals surface area contributed by atoms with Crippen molar-refractivity contribution in [3.05, 3.63) is 63.6 Å². The van der Waals surface area contributed by atoms with Crippen LogP contribution in [0.25, 0.3) is 0 Å². The highest BCUT2D eigenvalue weighted by molar-refractivity contribution is 7.92. The van der Waals surface area contributed by atoms with E-state index in [-0.39, 0.29) is 11.8 Å². The largest absolute Gasteiger partial charge is 0.267 e. The number of para-hydroxylation sites is 1. The number of fused-ring (bicyclic) bond motifs is 1. The summed E-state index contributed by atoms with van der Waals surface area (Å²) in [5, 5.41) is 0.863. The maximum Gasteiger partial charge on any atom is 0.239 e. The third-order valence-corrected chi connectivity index (χ3v) is 6.22. The molecule has 1 heterocycles. The zero-order chi connectivity index (χ0) is 15.9. The molecule has 3 nitrogen and oxygen atoms in total. The number of nitrogens with zero attached hydrogens (tertiary/aromatic N) is 1. The molecule has 0 fully saturated rings. The van der Waals surface area contributed by atoms with Gasteiger partial charge in [0, 0.05) is 16.1 Å². The molecule has 0 spiro atoms. The molecule has 0 unspecified atom stereocenters. The van der Waals surface area contributed by atoms with Gasteiger partial charge in [0.25, 0.3) is 0 Å². The fourth-order valence-electron chi connectivity index (χ4n) is 2.87. The second kappa shape index (κ2) is 5.76. The molecule has 0 radical (unpaired) electrons. The molecule has 0 aromatic heterocycles. The number of halogens is 2. The van der Waals surface area contributed by atoms with Crippen molar-refractivity contribution in [3.63, 3.8) is 0 Å². The van der Waals surface area contributed by atoms with E-state index in [4.69, 9.17) is 23.2 Å². The minimum absolute atomic E-state index is 0.0894. The van der Waals surface area contributed by atoms with Crippen LogP contribution in [0.15, 0.2) is 42.5 Å². The van der Waals surface area contributed by atoms with Crippen molar-refractivity contribution in [1.29, 1.82) is 0 Å². The molecular weight excluding hydrogens is 341 g/mol. The van der Waals surface area contributed by atoms with Crippen molar-refractivity contribution in [1.82, 2.24) is 0 Å². The van der Waals surface area contributed by atoms with Crippen LogP contribution in [0.1, 0.15) is 18.1 Å². The summed E-state index contributed by atoms with van der Waals surface area (Å²) >= 11 is 12.0. The fourth-order valence-corrected chi connectivity index (χ4v) is 5.30. The number of anilines is 1. The van der Waals surface area contributed by atoms with Crippen LogP contribution in [0.5, 0.6) is 0 Å². The van der Waals surface area contributed by atoms with Crippen LogP contribution in [0.4, 0.5) is 5.69 Å². The van der Waals surface area contributed by atoms with Gasteiger partial charge < -0.3 is 0 Å². The molecular formula is C16H15Cl2NO2S. The van der Waals surface area contributed by atoms with Gasteiger partial charge in [0.05, 0.1) is 11.4 Å². The number of sulfonamides is 1. The highest BCUT2D eigenvalue weighted by Gasteiger charge is 2.34. The molecule has 0 saturated heterocycles. The Bertz CT molecular complexity index is 821. The van der Waals surface area contributed by atoms with E-state index in [9.17, 15) is 8.42 Å². The molecule has 2 aromatic carbocycles. The summed E-state index contributed by atoms with van der Waals surface area (Å²) in [5.74, 6) is -0.137. The minimum atomic E-state index is -3.51. The van der Waals surface area contributed by atoms with Gasteiger partial charge in [-0.15, -0.1) is 0 Å². The lowest BCUT2D eigenvalue weighted by Gasteiger charge is -2.24. The number of hydrogen-bond donors (Lipinski definition) is 0. The predicted octanol–water partition coefficient (Wildman–Crippen LogP) is 4.27. The van der Waals surface area contributed by atoms with Gasteiger partial charge in [-0.25, -0.2) is 8.42 Å². The second-order valence-corrected chi connectivity index (χ2v) is 8.16. The highest BCUT2D eigenvalue weighted by Crippen LogP contribution is 2.35. The molecule has 0 saturated carbocycles. The first kappa shape index (κ1) is 15.7. The summed E-state index contributed by atoms with van der Waals surface area (Å²) in [6.45, 7) is 1.92. The molecule has 0 aliphatic carbocycles. The number of benzene rings is 2. The van der Waals surface area contributed by atoms with E-state index >= 15 is 0 Å². The predicted molar refractivity (Wildman–Crippen MR) is 91.2 cm³/mol. The molecule has 22 heavy (non-hydrogen) atoms. The summed E-state index contributed by atoms with van der Waals surface area (Å²) in [4.78, 5) is 0. The summed E-state index contributed by atoms with van der Waals surface area (Å²) in [6.07, 6.45) is 0.726. The van der Waals surface area contributed by atoms with Crippen molar-refractivity contribution in [2.45, 2.75) is 25.1 Å². The Balaban J connectivity index is 1.97. The van der Waals surface area contributed by atoms with Crippen LogP contribution < -0.4 is 4.31 Å². The fraction of sp³-hybridized carbons (Fsp3) is 0.250. The maximum atomic E-state index is 12.8. The van der Waals surface area contributed by atoms with Gasteiger partial charge >= 0.3 is 0 Å². The van der Waals surface area contributed by atoms with Crippen molar-refractivity contribution in [2.24, 2.45) is 0 Å².